The van der Waals surface area contributed by atoms with Crippen LogP contribution in [0.5, 0.6) is 5.75 Å². The van der Waals surface area contributed by atoms with E-state index in [0.29, 0.717) is 11.3 Å². The van der Waals surface area contributed by atoms with Gasteiger partial charge in [-0.05, 0) is 0 Å². The Morgan fingerprint density at radius 1 is 1.00 bits per heavy atom. The monoisotopic (exact) mass is 368 g/mol. The molecule has 0 bridgehead atoms. The number of benzene rings is 2. The van der Waals surface area contributed by atoms with E-state index in [1.165, 1.54) is 7.22 Å². The molecule has 0 saturated heterocycles. The molecule has 0 atom stereocenters. The van der Waals surface area contributed by atoms with Gasteiger partial charge in [-0.25, -0.2) is 0 Å². The van der Waals surface area contributed by atoms with E-state index in [-0.39, 0.29) is 26.9 Å². The van der Waals surface area contributed by atoms with Crippen molar-refractivity contribution in [1.29, 1.82) is 0 Å². The first-order valence-electron chi connectivity index (χ1n) is 5.86. The van der Waals surface area contributed by atoms with Gasteiger partial charge in [0.05, 0.1) is 0 Å². The third-order valence-corrected chi connectivity index (χ3v) is 5.26. The second kappa shape index (κ2) is 6.56. The van der Waals surface area contributed by atoms with Crippen molar-refractivity contribution in [2.75, 3.05) is 0 Å². The van der Waals surface area contributed by atoms with Gasteiger partial charge in [-0.1, -0.05) is 0 Å². The number of rotatable bonds is 4. The first-order chi connectivity index (χ1) is 9.15. The minimum absolute atomic E-state index is 0.366. The van der Waals surface area contributed by atoms with Crippen LogP contribution in [0.1, 0.15) is 6.92 Å². The maximum absolute atomic E-state index is 11.4. The zero-order chi connectivity index (χ0) is 13.7. The van der Waals surface area contributed by atoms with Gasteiger partial charge in [-0.2, -0.15) is 0 Å². The Hall–Kier alpha value is -1.56. The van der Waals surface area contributed by atoms with Crippen LogP contribution in [-0.2, 0) is 4.79 Å². The van der Waals surface area contributed by atoms with Crippen LogP contribution in [0.15, 0.2) is 66.7 Å². The van der Waals surface area contributed by atoms with Gasteiger partial charge in [-0.15, -0.1) is 0 Å². The molecule has 2 aromatic rings. The van der Waals surface area contributed by atoms with Gasteiger partial charge >= 0.3 is 123 Å². The van der Waals surface area contributed by atoms with E-state index in [4.69, 9.17) is 4.74 Å². The normalized spacial score (nSPS) is 9.95. The van der Waals surface area contributed by atoms with Gasteiger partial charge in [0, 0.05) is 0 Å². The van der Waals surface area contributed by atoms with Crippen LogP contribution in [0.4, 0.5) is 0 Å². The van der Waals surface area contributed by atoms with Crippen molar-refractivity contribution in [3.05, 3.63) is 66.7 Å². The summed E-state index contributed by atoms with van der Waals surface area (Å²) in [4.78, 5) is 11.4. The summed E-state index contributed by atoms with van der Waals surface area (Å²) in [6.07, 6.45) is 0. The third-order valence-electron chi connectivity index (χ3n) is 2.36. The number of carbonyl (C=O) groups excluding carboxylic acids is 1. The second-order valence-corrected chi connectivity index (χ2v) is 7.33. The fourth-order valence-electron chi connectivity index (χ4n) is 1.39. The summed E-state index contributed by atoms with van der Waals surface area (Å²) < 4.78 is 7.86. The molecule has 0 radical (unpaired) electrons. The zero-order valence-corrected chi connectivity index (χ0v) is 13.0. The average molecular weight is 366 g/mol. The number of carbonyl (C=O) groups is 1. The first kappa shape index (κ1) is 13.9. The third kappa shape index (κ3) is 4.24. The second-order valence-electron chi connectivity index (χ2n) is 4.06. The van der Waals surface area contributed by atoms with E-state index in [0.717, 1.165) is 0 Å². The molecule has 2 nitrogen and oxygen atoms in total. The molecule has 0 amide bonds. The number of esters is 1. The molecule has 0 saturated carbocycles. The molecule has 0 aromatic heterocycles. The van der Waals surface area contributed by atoms with Crippen LogP contribution in [0.3, 0.4) is 0 Å². The Kier molecular flexibility index (Phi) is 4.79. The van der Waals surface area contributed by atoms with E-state index in [2.05, 4.69) is 30.8 Å². The molecule has 0 spiro atoms. The maximum atomic E-state index is 11.4. The Labute approximate surface area is 123 Å². The summed E-state index contributed by atoms with van der Waals surface area (Å²) in [7, 11) is 0. The molecular weight excluding hydrogens is 352 g/mol. The van der Waals surface area contributed by atoms with Crippen molar-refractivity contribution in [3.8, 4) is 5.75 Å². The fraction of sp³-hybridized carbons (Fsp3) is 0.0625. The SMILES string of the molecule is C=C(C)C(=O)Oc1ccc([Te]c2ccccc2)cc1. The summed E-state index contributed by atoms with van der Waals surface area (Å²) in [6.45, 7) is 5.19. The number of hydrogen-bond donors (Lipinski definition) is 0. The van der Waals surface area contributed by atoms with E-state index in [1.54, 1.807) is 6.92 Å². The summed E-state index contributed by atoms with van der Waals surface area (Å²) in [6, 6.07) is 18.2. The van der Waals surface area contributed by atoms with Gasteiger partial charge < -0.3 is 0 Å². The van der Waals surface area contributed by atoms with E-state index >= 15 is 0 Å². The van der Waals surface area contributed by atoms with Crippen LogP contribution in [0.25, 0.3) is 0 Å². The van der Waals surface area contributed by atoms with Crippen LogP contribution >= 0.6 is 0 Å². The van der Waals surface area contributed by atoms with Gasteiger partial charge in [0.25, 0.3) is 0 Å². The minimum atomic E-state index is -0.382. The molecule has 0 aliphatic rings. The van der Waals surface area contributed by atoms with Crippen molar-refractivity contribution >= 4 is 34.1 Å². The zero-order valence-electron chi connectivity index (χ0n) is 10.6. The fourth-order valence-corrected chi connectivity index (χ4v) is 3.78. The van der Waals surface area contributed by atoms with Crippen molar-refractivity contribution in [1.82, 2.24) is 0 Å². The van der Waals surface area contributed by atoms with Crippen LogP contribution in [0.2, 0.25) is 0 Å². The topological polar surface area (TPSA) is 26.3 Å². The van der Waals surface area contributed by atoms with E-state index in [1.807, 2.05) is 30.3 Å². The Morgan fingerprint density at radius 3 is 2.16 bits per heavy atom. The van der Waals surface area contributed by atoms with Crippen LogP contribution < -0.4 is 12.0 Å². The summed E-state index contributed by atoms with van der Waals surface area (Å²) >= 11 is -0.366. The van der Waals surface area contributed by atoms with Gasteiger partial charge in [0.15, 0.2) is 0 Å². The molecule has 0 aliphatic heterocycles. The van der Waals surface area contributed by atoms with Gasteiger partial charge in [-0.3, -0.25) is 0 Å². The summed E-state index contributed by atoms with van der Waals surface area (Å²) in [5.41, 5.74) is 0.405. The van der Waals surface area contributed by atoms with Crippen LogP contribution in [0, 0.1) is 0 Å². The van der Waals surface area contributed by atoms with Crippen LogP contribution in [-0.4, -0.2) is 26.9 Å². The molecule has 96 valence electrons. The summed E-state index contributed by atoms with van der Waals surface area (Å²) in [5, 5.41) is 0. The number of hydrogen-bond acceptors (Lipinski definition) is 2. The Morgan fingerprint density at radius 2 is 1.58 bits per heavy atom. The van der Waals surface area contributed by atoms with Crippen molar-refractivity contribution in [3.63, 3.8) is 0 Å². The predicted molar refractivity (Wildman–Crippen MR) is 78.4 cm³/mol. The van der Waals surface area contributed by atoms with E-state index in [9.17, 15) is 4.79 Å². The van der Waals surface area contributed by atoms with Crippen molar-refractivity contribution < 1.29 is 9.53 Å². The van der Waals surface area contributed by atoms with Crippen molar-refractivity contribution in [2.45, 2.75) is 6.92 Å². The quantitative estimate of drug-likeness (QED) is 0.357. The Bertz CT molecular complexity index is 573. The molecule has 0 aliphatic carbocycles. The molecule has 0 heterocycles. The average Bonchev–Trinajstić information content (AvgIpc) is 2.42. The molecular formula is C16H14O2Te. The van der Waals surface area contributed by atoms with Crippen molar-refractivity contribution in [2.24, 2.45) is 0 Å². The Balaban J connectivity index is 2.03. The van der Waals surface area contributed by atoms with E-state index < -0.39 is 0 Å². The standard InChI is InChI=1S/C16H14O2Te/c1-12(2)16(17)18-13-8-10-15(11-9-13)19-14-6-4-3-5-7-14/h3-11H,1H2,2H3. The molecule has 2 aromatic carbocycles. The molecule has 0 unspecified atom stereocenters. The number of ether oxygens (including phenoxy) is 1. The molecule has 2 rings (SSSR count). The molecule has 0 N–H and O–H groups in total. The summed E-state index contributed by atoms with van der Waals surface area (Å²) in [5.74, 6) is 0.185. The van der Waals surface area contributed by atoms with Gasteiger partial charge in [0.2, 0.25) is 0 Å². The predicted octanol–water partition coefficient (Wildman–Crippen LogP) is 1.82. The first-order valence-corrected chi connectivity index (χ1v) is 8.19. The van der Waals surface area contributed by atoms with Gasteiger partial charge in [0.1, 0.15) is 0 Å². The molecule has 19 heavy (non-hydrogen) atoms. The molecule has 0 fully saturated rings. The molecule has 3 heteroatoms.